The van der Waals surface area contributed by atoms with Gasteiger partial charge in [0.15, 0.2) is 0 Å². The molecule has 23 heavy (non-hydrogen) atoms. The molecule has 1 saturated heterocycles. The lowest BCUT2D eigenvalue weighted by Gasteiger charge is -2.28. The second kappa shape index (κ2) is 6.60. The number of urea groups is 1. The monoisotopic (exact) mass is 316 g/mol. The number of imide groups is 1. The number of hydrogen-bond acceptors (Lipinski definition) is 3. The van der Waals surface area contributed by atoms with E-state index in [-0.39, 0.29) is 11.9 Å². The largest absolute Gasteiger partial charge is 0.497 e. The molecule has 1 N–H and O–H groups in total. The summed E-state index contributed by atoms with van der Waals surface area (Å²) >= 11 is 0. The lowest BCUT2D eigenvalue weighted by molar-refractivity contribution is -0.132. The van der Waals surface area contributed by atoms with E-state index in [0.717, 1.165) is 49.8 Å². The molecule has 5 nitrogen and oxygen atoms in total. The van der Waals surface area contributed by atoms with E-state index in [1.807, 2.05) is 24.3 Å². The van der Waals surface area contributed by atoms with Gasteiger partial charge in [-0.05, 0) is 30.5 Å². The molecule has 0 aromatic heterocycles. The number of ether oxygens (including phenoxy) is 1. The highest BCUT2D eigenvalue weighted by molar-refractivity contribution is 6.07. The first-order valence-corrected chi connectivity index (χ1v) is 8.42. The fraction of sp³-hybridized carbons (Fsp3) is 0.556. The summed E-state index contributed by atoms with van der Waals surface area (Å²) < 4.78 is 5.21. The van der Waals surface area contributed by atoms with Crippen molar-refractivity contribution in [1.82, 2.24) is 10.2 Å². The van der Waals surface area contributed by atoms with E-state index in [0.29, 0.717) is 6.54 Å². The molecule has 3 amide bonds. The van der Waals surface area contributed by atoms with Gasteiger partial charge in [0.05, 0.1) is 13.7 Å². The zero-order valence-corrected chi connectivity index (χ0v) is 13.6. The molecular formula is C18H24N2O3. The lowest BCUT2D eigenvalue weighted by Crippen LogP contribution is -2.47. The molecule has 1 heterocycles. The predicted octanol–water partition coefficient (Wildman–Crippen LogP) is 3.23. The quantitative estimate of drug-likeness (QED) is 0.871. The van der Waals surface area contributed by atoms with Crippen LogP contribution in [-0.2, 0) is 11.3 Å². The molecule has 0 atom stereocenters. The summed E-state index contributed by atoms with van der Waals surface area (Å²) in [7, 11) is 1.61. The van der Waals surface area contributed by atoms with Crippen LogP contribution in [0.15, 0.2) is 24.3 Å². The minimum Gasteiger partial charge on any atom is -0.497 e. The Bertz CT molecular complexity index is 592. The van der Waals surface area contributed by atoms with Gasteiger partial charge in [-0.25, -0.2) is 4.79 Å². The third-order valence-electron chi connectivity index (χ3n) is 4.93. The molecule has 0 unspecified atom stereocenters. The van der Waals surface area contributed by atoms with Crippen molar-refractivity contribution in [3.05, 3.63) is 29.8 Å². The van der Waals surface area contributed by atoms with Crippen molar-refractivity contribution in [2.24, 2.45) is 0 Å². The van der Waals surface area contributed by atoms with E-state index < -0.39 is 5.54 Å². The Hall–Kier alpha value is -2.04. The van der Waals surface area contributed by atoms with Crippen LogP contribution in [0.1, 0.15) is 50.5 Å². The molecule has 124 valence electrons. The summed E-state index contributed by atoms with van der Waals surface area (Å²) in [4.78, 5) is 26.7. The minimum atomic E-state index is -0.670. The van der Waals surface area contributed by atoms with Crippen LogP contribution in [-0.4, -0.2) is 29.5 Å². The molecule has 1 spiro atoms. The Morgan fingerprint density at radius 1 is 1.13 bits per heavy atom. The highest BCUT2D eigenvalue weighted by Gasteiger charge is 2.50. The fourth-order valence-electron chi connectivity index (χ4n) is 3.62. The van der Waals surface area contributed by atoms with E-state index in [9.17, 15) is 9.59 Å². The summed E-state index contributed by atoms with van der Waals surface area (Å²) in [5.74, 6) is 0.669. The standard InChI is InChI=1S/C18H24N2O3/c1-23-15-9-7-8-14(12-15)13-20-16(21)18(19-17(20)22)10-5-3-2-4-6-11-18/h7-9,12H,2-6,10-11,13H2,1H3,(H,19,22). The summed E-state index contributed by atoms with van der Waals surface area (Å²) in [5.41, 5.74) is 0.229. The first kappa shape index (κ1) is 15.8. The predicted molar refractivity (Wildman–Crippen MR) is 87.1 cm³/mol. The molecule has 0 bridgehead atoms. The molecular weight excluding hydrogens is 292 g/mol. The van der Waals surface area contributed by atoms with Gasteiger partial charge in [-0.2, -0.15) is 0 Å². The maximum Gasteiger partial charge on any atom is 0.325 e. The Balaban J connectivity index is 1.77. The minimum absolute atomic E-state index is 0.0628. The SMILES string of the molecule is COc1cccc(CN2C(=O)NC3(CCCCCCC3)C2=O)c1. The van der Waals surface area contributed by atoms with Gasteiger partial charge in [-0.3, -0.25) is 9.69 Å². The third-order valence-corrected chi connectivity index (χ3v) is 4.93. The van der Waals surface area contributed by atoms with Crippen molar-refractivity contribution in [2.75, 3.05) is 7.11 Å². The summed E-state index contributed by atoms with van der Waals surface area (Å²) in [6, 6.07) is 7.23. The highest BCUT2D eigenvalue weighted by Crippen LogP contribution is 2.32. The van der Waals surface area contributed by atoms with Gasteiger partial charge in [-0.1, -0.05) is 44.2 Å². The molecule has 1 aromatic rings. The van der Waals surface area contributed by atoms with E-state index in [1.54, 1.807) is 7.11 Å². The Labute approximate surface area is 137 Å². The smallest absolute Gasteiger partial charge is 0.325 e. The second-order valence-corrected chi connectivity index (χ2v) is 6.52. The number of carbonyl (C=O) groups excluding carboxylic acids is 2. The number of hydrogen-bond donors (Lipinski definition) is 1. The average Bonchev–Trinajstić information content (AvgIpc) is 2.76. The van der Waals surface area contributed by atoms with E-state index in [4.69, 9.17) is 4.74 Å². The van der Waals surface area contributed by atoms with Crippen molar-refractivity contribution in [1.29, 1.82) is 0 Å². The average molecular weight is 316 g/mol. The number of nitrogens with one attached hydrogen (secondary N) is 1. The highest BCUT2D eigenvalue weighted by atomic mass is 16.5. The van der Waals surface area contributed by atoms with E-state index >= 15 is 0 Å². The van der Waals surface area contributed by atoms with Crippen molar-refractivity contribution in [3.8, 4) is 5.75 Å². The Kier molecular flexibility index (Phi) is 4.55. The van der Waals surface area contributed by atoms with Crippen molar-refractivity contribution < 1.29 is 14.3 Å². The van der Waals surface area contributed by atoms with Crippen LogP contribution < -0.4 is 10.1 Å². The number of benzene rings is 1. The number of rotatable bonds is 3. The Morgan fingerprint density at radius 2 is 1.83 bits per heavy atom. The maximum atomic E-state index is 12.9. The molecule has 5 heteroatoms. The van der Waals surface area contributed by atoms with Gasteiger partial charge in [0, 0.05) is 0 Å². The Morgan fingerprint density at radius 3 is 2.52 bits per heavy atom. The van der Waals surface area contributed by atoms with E-state index in [1.165, 1.54) is 11.3 Å². The topological polar surface area (TPSA) is 58.6 Å². The van der Waals surface area contributed by atoms with Gasteiger partial charge in [-0.15, -0.1) is 0 Å². The van der Waals surface area contributed by atoms with Crippen molar-refractivity contribution in [3.63, 3.8) is 0 Å². The third kappa shape index (κ3) is 3.19. The molecule has 1 aliphatic heterocycles. The van der Waals surface area contributed by atoms with Gasteiger partial charge in [0.25, 0.3) is 5.91 Å². The molecule has 1 aliphatic carbocycles. The maximum absolute atomic E-state index is 12.9. The van der Waals surface area contributed by atoms with Gasteiger partial charge < -0.3 is 10.1 Å². The first-order chi connectivity index (χ1) is 11.1. The van der Waals surface area contributed by atoms with Gasteiger partial charge in [0.1, 0.15) is 11.3 Å². The summed E-state index contributed by atoms with van der Waals surface area (Å²) in [6.07, 6.45) is 7.02. The summed E-state index contributed by atoms with van der Waals surface area (Å²) in [6.45, 7) is 0.295. The summed E-state index contributed by atoms with van der Waals surface area (Å²) in [5, 5.41) is 2.99. The van der Waals surface area contributed by atoms with E-state index in [2.05, 4.69) is 5.32 Å². The van der Waals surface area contributed by atoms with Crippen LogP contribution in [0, 0.1) is 0 Å². The zero-order valence-electron chi connectivity index (χ0n) is 13.6. The van der Waals surface area contributed by atoms with Crippen LogP contribution in [0.25, 0.3) is 0 Å². The molecule has 2 aliphatic rings. The van der Waals surface area contributed by atoms with Crippen LogP contribution in [0.3, 0.4) is 0 Å². The second-order valence-electron chi connectivity index (χ2n) is 6.52. The van der Waals surface area contributed by atoms with Crippen LogP contribution in [0.5, 0.6) is 5.75 Å². The molecule has 2 fully saturated rings. The molecule has 1 aromatic carbocycles. The van der Waals surface area contributed by atoms with Crippen molar-refractivity contribution in [2.45, 2.75) is 57.0 Å². The van der Waals surface area contributed by atoms with Crippen LogP contribution in [0.2, 0.25) is 0 Å². The number of carbonyl (C=O) groups is 2. The first-order valence-electron chi connectivity index (χ1n) is 8.42. The van der Waals surface area contributed by atoms with Crippen LogP contribution >= 0.6 is 0 Å². The normalized spacial score (nSPS) is 21.0. The van der Waals surface area contributed by atoms with Gasteiger partial charge in [0.2, 0.25) is 0 Å². The van der Waals surface area contributed by atoms with Gasteiger partial charge >= 0.3 is 6.03 Å². The number of amides is 3. The van der Waals surface area contributed by atoms with Crippen LogP contribution in [0.4, 0.5) is 4.79 Å². The molecule has 3 rings (SSSR count). The molecule has 1 saturated carbocycles. The zero-order chi connectivity index (χ0) is 16.3. The molecule has 0 radical (unpaired) electrons. The van der Waals surface area contributed by atoms with Crippen molar-refractivity contribution >= 4 is 11.9 Å². The number of methoxy groups -OCH3 is 1. The lowest BCUT2D eigenvalue weighted by atomic mass is 9.84. The fourth-order valence-corrected chi connectivity index (χ4v) is 3.62. The number of nitrogens with zero attached hydrogens (tertiary/aromatic N) is 1.